The predicted molar refractivity (Wildman–Crippen MR) is 98.3 cm³/mol. The molecule has 2 amide bonds. The van der Waals surface area contributed by atoms with E-state index in [9.17, 15) is 9.59 Å². The Kier molecular flexibility index (Phi) is 5.04. The van der Waals surface area contributed by atoms with E-state index in [1.807, 2.05) is 49.4 Å². The number of hydrogen-bond donors (Lipinski definition) is 2. The minimum Gasteiger partial charge on any atom is -0.347 e. The number of aromatic nitrogens is 1. The Labute approximate surface area is 146 Å². The number of pyridine rings is 1. The lowest BCUT2D eigenvalue weighted by Crippen LogP contribution is -2.36. The molecule has 0 aliphatic heterocycles. The highest BCUT2D eigenvalue weighted by atomic mass is 16.2. The quantitative estimate of drug-likeness (QED) is 0.721. The number of amides is 2. The zero-order valence-corrected chi connectivity index (χ0v) is 14.0. The number of aryl methyl sites for hydroxylation is 1. The van der Waals surface area contributed by atoms with Crippen molar-refractivity contribution in [3.05, 3.63) is 71.9 Å². The Hall–Kier alpha value is -3.21. The van der Waals surface area contributed by atoms with E-state index in [-0.39, 0.29) is 0 Å². The third-order valence-electron chi connectivity index (χ3n) is 3.87. The molecule has 0 aliphatic carbocycles. The number of rotatable bonds is 4. The molecule has 5 heteroatoms. The molecule has 3 aromatic rings. The van der Waals surface area contributed by atoms with Gasteiger partial charge in [-0.25, -0.2) is 0 Å². The van der Waals surface area contributed by atoms with Crippen molar-refractivity contribution in [3.63, 3.8) is 0 Å². The van der Waals surface area contributed by atoms with Gasteiger partial charge in [0.05, 0.1) is 11.2 Å². The second-order valence-electron chi connectivity index (χ2n) is 5.83. The molecular formula is C20H19N3O2. The van der Waals surface area contributed by atoms with Crippen LogP contribution >= 0.6 is 0 Å². The minimum absolute atomic E-state index is 0.406. The van der Waals surface area contributed by atoms with Crippen molar-refractivity contribution in [1.82, 2.24) is 10.3 Å². The van der Waals surface area contributed by atoms with Gasteiger partial charge >= 0.3 is 11.8 Å². The molecule has 3 rings (SSSR count). The number of para-hydroxylation sites is 1. The fourth-order valence-electron chi connectivity index (χ4n) is 2.65. The van der Waals surface area contributed by atoms with Crippen LogP contribution in [0, 0.1) is 6.92 Å². The van der Waals surface area contributed by atoms with E-state index in [4.69, 9.17) is 0 Å². The van der Waals surface area contributed by atoms with Crippen LogP contribution < -0.4 is 10.6 Å². The third kappa shape index (κ3) is 4.20. The molecule has 0 spiro atoms. The third-order valence-corrected chi connectivity index (χ3v) is 3.87. The number of benzene rings is 2. The number of anilines is 1. The van der Waals surface area contributed by atoms with E-state index in [0.29, 0.717) is 24.2 Å². The number of nitrogens with one attached hydrogen (secondary N) is 2. The van der Waals surface area contributed by atoms with Crippen molar-refractivity contribution < 1.29 is 9.59 Å². The summed E-state index contributed by atoms with van der Waals surface area (Å²) in [5, 5.41) is 6.18. The Morgan fingerprint density at radius 2 is 1.80 bits per heavy atom. The van der Waals surface area contributed by atoms with Gasteiger partial charge < -0.3 is 10.6 Å². The van der Waals surface area contributed by atoms with E-state index < -0.39 is 11.8 Å². The van der Waals surface area contributed by atoms with Gasteiger partial charge in [0.1, 0.15) is 0 Å². The van der Waals surface area contributed by atoms with Crippen LogP contribution in [0.25, 0.3) is 10.9 Å². The fraction of sp³-hybridized carbons (Fsp3) is 0.150. The van der Waals surface area contributed by atoms with Crippen molar-refractivity contribution in [2.45, 2.75) is 13.3 Å². The largest absolute Gasteiger partial charge is 0.347 e. The first kappa shape index (κ1) is 16.6. The summed E-state index contributed by atoms with van der Waals surface area (Å²) >= 11 is 0. The van der Waals surface area contributed by atoms with Gasteiger partial charge in [0.2, 0.25) is 0 Å². The second kappa shape index (κ2) is 7.57. The van der Waals surface area contributed by atoms with Crippen molar-refractivity contribution in [1.29, 1.82) is 0 Å². The topological polar surface area (TPSA) is 71.1 Å². The first-order valence-electron chi connectivity index (χ1n) is 8.12. The monoisotopic (exact) mass is 333 g/mol. The zero-order chi connectivity index (χ0) is 17.6. The Balaban J connectivity index is 1.58. The highest BCUT2D eigenvalue weighted by Crippen LogP contribution is 2.20. The van der Waals surface area contributed by atoms with Crippen molar-refractivity contribution in [2.24, 2.45) is 0 Å². The molecule has 0 bridgehead atoms. The summed E-state index contributed by atoms with van der Waals surface area (Å²) in [5.41, 5.74) is 3.48. The van der Waals surface area contributed by atoms with Crippen LogP contribution in [0.4, 0.5) is 5.69 Å². The van der Waals surface area contributed by atoms with Crippen LogP contribution in [-0.2, 0) is 16.0 Å². The molecule has 0 radical (unpaired) electrons. The van der Waals surface area contributed by atoms with Gasteiger partial charge in [0.25, 0.3) is 0 Å². The van der Waals surface area contributed by atoms with Crippen LogP contribution in [0.1, 0.15) is 11.1 Å². The fourth-order valence-corrected chi connectivity index (χ4v) is 2.65. The lowest BCUT2D eigenvalue weighted by molar-refractivity contribution is -0.136. The minimum atomic E-state index is -0.692. The van der Waals surface area contributed by atoms with Gasteiger partial charge in [-0.05, 0) is 31.0 Å². The molecule has 5 nitrogen and oxygen atoms in total. The van der Waals surface area contributed by atoms with Gasteiger partial charge in [0, 0.05) is 18.1 Å². The van der Waals surface area contributed by atoms with Crippen LogP contribution in [-0.4, -0.2) is 23.3 Å². The predicted octanol–water partition coefficient (Wildman–Crippen LogP) is 2.84. The summed E-state index contributed by atoms with van der Waals surface area (Å²) in [6, 6.07) is 17.2. The summed E-state index contributed by atoms with van der Waals surface area (Å²) < 4.78 is 0. The first-order valence-corrected chi connectivity index (χ1v) is 8.12. The first-order chi connectivity index (χ1) is 12.1. The van der Waals surface area contributed by atoms with Crippen LogP contribution in [0.3, 0.4) is 0 Å². The maximum atomic E-state index is 12.1. The molecule has 25 heavy (non-hydrogen) atoms. The summed E-state index contributed by atoms with van der Waals surface area (Å²) in [7, 11) is 0. The molecule has 2 aromatic carbocycles. The molecule has 126 valence electrons. The standard InChI is InChI=1S/C20H19N3O2/c1-14-5-2-6-15(13-14)10-12-22-19(24)20(25)23-17-9-3-7-16-8-4-11-21-18(16)17/h2-9,11,13H,10,12H2,1H3,(H,22,24)(H,23,25). The van der Waals surface area contributed by atoms with Gasteiger partial charge in [0.15, 0.2) is 0 Å². The number of carbonyl (C=O) groups excluding carboxylic acids is 2. The van der Waals surface area contributed by atoms with E-state index in [1.165, 1.54) is 5.56 Å². The summed E-state index contributed by atoms with van der Waals surface area (Å²) in [6.45, 7) is 2.43. The van der Waals surface area contributed by atoms with Gasteiger partial charge in [-0.1, -0.05) is 48.0 Å². The number of carbonyl (C=O) groups is 2. The normalized spacial score (nSPS) is 10.4. The zero-order valence-electron chi connectivity index (χ0n) is 14.0. The van der Waals surface area contributed by atoms with E-state index in [1.54, 1.807) is 12.3 Å². The van der Waals surface area contributed by atoms with Crippen LogP contribution in [0.5, 0.6) is 0 Å². The molecule has 2 N–H and O–H groups in total. The van der Waals surface area contributed by atoms with Crippen molar-refractivity contribution in [2.75, 3.05) is 11.9 Å². The molecule has 0 aliphatic rings. The summed E-state index contributed by atoms with van der Waals surface area (Å²) in [4.78, 5) is 28.4. The molecule has 0 saturated heterocycles. The second-order valence-corrected chi connectivity index (χ2v) is 5.83. The van der Waals surface area contributed by atoms with Crippen molar-refractivity contribution >= 4 is 28.4 Å². The molecular weight excluding hydrogens is 314 g/mol. The summed E-state index contributed by atoms with van der Waals surface area (Å²) in [6.07, 6.45) is 2.33. The highest BCUT2D eigenvalue weighted by molar-refractivity contribution is 6.40. The molecule has 1 heterocycles. The van der Waals surface area contributed by atoms with E-state index in [2.05, 4.69) is 21.7 Å². The number of nitrogens with zero attached hydrogens (tertiary/aromatic N) is 1. The maximum absolute atomic E-state index is 12.1. The van der Waals surface area contributed by atoms with E-state index >= 15 is 0 Å². The molecule has 0 unspecified atom stereocenters. The van der Waals surface area contributed by atoms with Gasteiger partial charge in [-0.2, -0.15) is 0 Å². The lowest BCUT2D eigenvalue weighted by atomic mass is 10.1. The number of hydrogen-bond acceptors (Lipinski definition) is 3. The Bertz CT molecular complexity index is 916. The molecule has 0 fully saturated rings. The van der Waals surface area contributed by atoms with Crippen molar-refractivity contribution in [3.8, 4) is 0 Å². The van der Waals surface area contributed by atoms with E-state index in [0.717, 1.165) is 10.9 Å². The van der Waals surface area contributed by atoms with Gasteiger partial charge in [-0.3, -0.25) is 14.6 Å². The summed E-state index contributed by atoms with van der Waals surface area (Å²) in [5.74, 6) is -1.34. The molecule has 0 saturated carbocycles. The Morgan fingerprint density at radius 1 is 1.00 bits per heavy atom. The average molecular weight is 333 g/mol. The Morgan fingerprint density at radius 3 is 2.64 bits per heavy atom. The smallest absolute Gasteiger partial charge is 0.313 e. The molecule has 1 aromatic heterocycles. The van der Waals surface area contributed by atoms with Gasteiger partial charge in [-0.15, -0.1) is 0 Å². The number of fused-ring (bicyclic) bond motifs is 1. The average Bonchev–Trinajstić information content (AvgIpc) is 2.62. The lowest BCUT2D eigenvalue weighted by Gasteiger charge is -2.08. The van der Waals surface area contributed by atoms with Crippen LogP contribution in [0.2, 0.25) is 0 Å². The van der Waals surface area contributed by atoms with Crippen LogP contribution in [0.15, 0.2) is 60.8 Å². The molecule has 0 atom stereocenters. The maximum Gasteiger partial charge on any atom is 0.313 e. The highest BCUT2D eigenvalue weighted by Gasteiger charge is 2.14. The SMILES string of the molecule is Cc1cccc(CCNC(=O)C(=O)Nc2cccc3cccnc23)c1.